The molecule has 0 saturated carbocycles. The minimum absolute atomic E-state index is 0.476. The van der Waals surface area contributed by atoms with Gasteiger partial charge in [0.15, 0.2) is 0 Å². The Balaban J connectivity index is 2.94. The van der Waals surface area contributed by atoms with Gasteiger partial charge >= 0.3 is 0 Å². The van der Waals surface area contributed by atoms with Crippen LogP contribution in [0.25, 0.3) is 0 Å². The van der Waals surface area contributed by atoms with Crippen LogP contribution in [-0.4, -0.2) is 10.3 Å². The first-order chi connectivity index (χ1) is 4.22. The summed E-state index contributed by atoms with van der Waals surface area (Å²) in [5, 5.41) is 12.5. The molecule has 1 unspecified atom stereocenters. The minimum atomic E-state index is -0.476. The Labute approximate surface area is 53.3 Å². The van der Waals surface area contributed by atoms with Crippen LogP contribution in [0.5, 0.6) is 0 Å². The molecule has 3 nitrogen and oxygen atoms in total. The standard InChI is InChI=1S/C6H9NO2/c1-4(8)6-3-7-9-5(6)2/h3-4,8H,1-2H3. The highest BCUT2D eigenvalue weighted by atomic mass is 16.5. The number of aliphatic hydroxyl groups is 1. The predicted octanol–water partition coefficient (Wildman–Crippen LogP) is 1.04. The third kappa shape index (κ3) is 1.10. The van der Waals surface area contributed by atoms with Crippen LogP contribution in [0.4, 0.5) is 0 Å². The van der Waals surface area contributed by atoms with Crippen LogP contribution in [0.2, 0.25) is 0 Å². The monoisotopic (exact) mass is 127 g/mol. The van der Waals surface area contributed by atoms with Crippen molar-refractivity contribution in [3.63, 3.8) is 0 Å². The van der Waals surface area contributed by atoms with Crippen molar-refractivity contribution in [3.8, 4) is 0 Å². The molecule has 1 rings (SSSR count). The Morgan fingerprint density at radius 2 is 2.44 bits per heavy atom. The fraction of sp³-hybridized carbons (Fsp3) is 0.500. The summed E-state index contributed by atoms with van der Waals surface area (Å²) in [6, 6.07) is 0. The molecule has 1 N–H and O–H groups in total. The van der Waals surface area contributed by atoms with E-state index in [9.17, 15) is 0 Å². The van der Waals surface area contributed by atoms with Crippen LogP contribution >= 0.6 is 0 Å². The van der Waals surface area contributed by atoms with E-state index in [-0.39, 0.29) is 0 Å². The van der Waals surface area contributed by atoms with Crippen LogP contribution < -0.4 is 0 Å². The van der Waals surface area contributed by atoms with Crippen molar-refractivity contribution in [2.75, 3.05) is 0 Å². The van der Waals surface area contributed by atoms with Crippen LogP contribution in [-0.2, 0) is 0 Å². The molecular formula is C6H9NO2. The zero-order valence-corrected chi connectivity index (χ0v) is 5.46. The molecule has 1 heterocycles. The van der Waals surface area contributed by atoms with E-state index < -0.39 is 6.10 Å². The number of aryl methyl sites for hydroxylation is 1. The van der Waals surface area contributed by atoms with Crippen molar-refractivity contribution in [3.05, 3.63) is 17.5 Å². The Bertz CT molecular complexity index is 193. The van der Waals surface area contributed by atoms with E-state index in [1.54, 1.807) is 13.8 Å². The molecule has 0 aliphatic heterocycles. The van der Waals surface area contributed by atoms with Crippen LogP contribution in [0.3, 0.4) is 0 Å². The van der Waals surface area contributed by atoms with Gasteiger partial charge in [-0.3, -0.25) is 0 Å². The number of aromatic nitrogens is 1. The maximum Gasteiger partial charge on any atom is 0.139 e. The number of hydrogen-bond donors (Lipinski definition) is 1. The molecule has 1 atom stereocenters. The average molecular weight is 127 g/mol. The second kappa shape index (κ2) is 2.19. The Kier molecular flexibility index (Phi) is 1.53. The molecule has 3 heteroatoms. The summed E-state index contributed by atoms with van der Waals surface area (Å²) in [7, 11) is 0. The lowest BCUT2D eigenvalue weighted by molar-refractivity contribution is 0.197. The third-order valence-electron chi connectivity index (χ3n) is 1.24. The molecule has 50 valence electrons. The summed E-state index contributed by atoms with van der Waals surface area (Å²) >= 11 is 0. The molecular weight excluding hydrogens is 118 g/mol. The second-order valence-corrected chi connectivity index (χ2v) is 2.01. The minimum Gasteiger partial charge on any atom is -0.389 e. The summed E-state index contributed by atoms with van der Waals surface area (Å²) in [6.07, 6.45) is 1.05. The molecule has 0 radical (unpaired) electrons. The van der Waals surface area contributed by atoms with Crippen molar-refractivity contribution < 1.29 is 9.63 Å². The Hall–Kier alpha value is -0.830. The number of aliphatic hydroxyl groups excluding tert-OH is 1. The molecule has 0 fully saturated rings. The predicted molar refractivity (Wildman–Crippen MR) is 31.9 cm³/mol. The summed E-state index contributed by atoms with van der Waals surface area (Å²) in [5.74, 6) is 0.685. The number of hydrogen-bond acceptors (Lipinski definition) is 3. The van der Waals surface area contributed by atoms with Gasteiger partial charge in [-0.1, -0.05) is 5.16 Å². The smallest absolute Gasteiger partial charge is 0.139 e. The van der Waals surface area contributed by atoms with E-state index in [4.69, 9.17) is 9.63 Å². The van der Waals surface area contributed by atoms with E-state index in [1.807, 2.05) is 0 Å². The van der Waals surface area contributed by atoms with Crippen molar-refractivity contribution >= 4 is 0 Å². The van der Waals surface area contributed by atoms with E-state index in [0.29, 0.717) is 5.76 Å². The van der Waals surface area contributed by atoms with Gasteiger partial charge in [0.1, 0.15) is 5.76 Å². The molecule has 0 aliphatic carbocycles. The summed E-state index contributed by atoms with van der Waals surface area (Å²) in [4.78, 5) is 0. The largest absolute Gasteiger partial charge is 0.389 e. The van der Waals surface area contributed by atoms with Crippen LogP contribution in [0.1, 0.15) is 24.4 Å². The second-order valence-electron chi connectivity index (χ2n) is 2.01. The van der Waals surface area contributed by atoms with Gasteiger partial charge in [-0.05, 0) is 13.8 Å². The maximum atomic E-state index is 8.99. The van der Waals surface area contributed by atoms with Gasteiger partial charge in [0.2, 0.25) is 0 Å². The van der Waals surface area contributed by atoms with E-state index in [2.05, 4.69) is 5.16 Å². The first-order valence-corrected chi connectivity index (χ1v) is 2.81. The zero-order valence-electron chi connectivity index (χ0n) is 5.46. The van der Waals surface area contributed by atoms with Gasteiger partial charge in [-0.25, -0.2) is 0 Å². The van der Waals surface area contributed by atoms with Crippen LogP contribution in [0, 0.1) is 6.92 Å². The van der Waals surface area contributed by atoms with Gasteiger partial charge in [-0.15, -0.1) is 0 Å². The lowest BCUT2D eigenvalue weighted by Crippen LogP contribution is -1.89. The maximum absolute atomic E-state index is 8.99. The molecule has 0 saturated heterocycles. The number of rotatable bonds is 1. The van der Waals surface area contributed by atoms with E-state index >= 15 is 0 Å². The van der Waals surface area contributed by atoms with E-state index in [1.165, 1.54) is 6.20 Å². The summed E-state index contributed by atoms with van der Waals surface area (Å²) in [6.45, 7) is 3.45. The zero-order chi connectivity index (χ0) is 6.85. The third-order valence-corrected chi connectivity index (χ3v) is 1.24. The molecule has 9 heavy (non-hydrogen) atoms. The molecule has 0 aromatic carbocycles. The molecule has 0 bridgehead atoms. The van der Waals surface area contributed by atoms with E-state index in [0.717, 1.165) is 5.56 Å². The fourth-order valence-electron chi connectivity index (χ4n) is 0.708. The highest BCUT2D eigenvalue weighted by Crippen LogP contribution is 2.14. The van der Waals surface area contributed by atoms with Gasteiger partial charge in [0.25, 0.3) is 0 Å². The molecule has 0 amide bonds. The lowest BCUT2D eigenvalue weighted by Gasteiger charge is -1.96. The molecule has 0 aliphatic rings. The van der Waals surface area contributed by atoms with Gasteiger partial charge in [0, 0.05) is 5.56 Å². The van der Waals surface area contributed by atoms with Crippen molar-refractivity contribution in [1.82, 2.24) is 5.16 Å². The highest BCUT2D eigenvalue weighted by Gasteiger charge is 2.06. The van der Waals surface area contributed by atoms with Crippen LogP contribution in [0.15, 0.2) is 10.7 Å². The Morgan fingerprint density at radius 1 is 1.78 bits per heavy atom. The Morgan fingerprint density at radius 3 is 2.67 bits per heavy atom. The SMILES string of the molecule is Cc1oncc1C(C)O. The van der Waals surface area contributed by atoms with Gasteiger partial charge < -0.3 is 9.63 Å². The highest BCUT2D eigenvalue weighted by molar-refractivity contribution is 5.13. The number of nitrogens with zero attached hydrogens (tertiary/aromatic N) is 1. The topological polar surface area (TPSA) is 46.3 Å². The van der Waals surface area contributed by atoms with Gasteiger partial charge in [-0.2, -0.15) is 0 Å². The lowest BCUT2D eigenvalue weighted by atomic mass is 10.2. The average Bonchev–Trinajstić information content (AvgIpc) is 2.13. The first-order valence-electron chi connectivity index (χ1n) is 2.81. The molecule has 1 aromatic rings. The fourth-order valence-corrected chi connectivity index (χ4v) is 0.708. The van der Waals surface area contributed by atoms with Crippen molar-refractivity contribution in [2.24, 2.45) is 0 Å². The molecule has 0 spiro atoms. The quantitative estimate of drug-likeness (QED) is 0.613. The van der Waals surface area contributed by atoms with Crippen molar-refractivity contribution in [2.45, 2.75) is 20.0 Å². The molecule has 1 aromatic heterocycles. The van der Waals surface area contributed by atoms with Crippen molar-refractivity contribution in [1.29, 1.82) is 0 Å². The first kappa shape index (κ1) is 6.29. The summed E-state index contributed by atoms with van der Waals surface area (Å²) in [5.41, 5.74) is 0.759. The van der Waals surface area contributed by atoms with Gasteiger partial charge in [0.05, 0.1) is 12.3 Å². The normalized spacial score (nSPS) is 13.7. The summed E-state index contributed by atoms with van der Waals surface area (Å²) < 4.78 is 4.72.